The van der Waals surface area contributed by atoms with Crippen LogP contribution in [0, 0.1) is 11.8 Å². The van der Waals surface area contributed by atoms with Crippen LogP contribution in [0.15, 0.2) is 23.2 Å². The van der Waals surface area contributed by atoms with Gasteiger partial charge in [0.05, 0.1) is 0 Å². The van der Waals surface area contributed by atoms with Crippen molar-refractivity contribution in [2.75, 3.05) is 5.43 Å². The monoisotopic (exact) mass is 298 g/mol. The SMILES string of the molecule is CC1CCC(NS(=O)(=O)c2cccnc2NN)CC1C. The van der Waals surface area contributed by atoms with Crippen molar-refractivity contribution < 1.29 is 8.42 Å². The van der Waals surface area contributed by atoms with Crippen LogP contribution in [0.25, 0.3) is 0 Å². The highest BCUT2D eigenvalue weighted by Crippen LogP contribution is 2.30. The normalized spacial score (nSPS) is 27.2. The fourth-order valence-corrected chi connectivity index (χ4v) is 4.06. The number of anilines is 1. The molecule has 0 saturated heterocycles. The molecule has 1 aromatic heterocycles. The van der Waals surface area contributed by atoms with Gasteiger partial charge in [-0.3, -0.25) is 0 Å². The molecule has 0 aliphatic heterocycles. The van der Waals surface area contributed by atoms with Gasteiger partial charge in [0.1, 0.15) is 4.90 Å². The summed E-state index contributed by atoms with van der Waals surface area (Å²) in [5, 5.41) is 0. The molecule has 0 bridgehead atoms. The number of rotatable bonds is 4. The molecule has 3 unspecified atom stereocenters. The topological polar surface area (TPSA) is 97.1 Å². The highest BCUT2D eigenvalue weighted by Gasteiger charge is 2.29. The Morgan fingerprint density at radius 3 is 2.70 bits per heavy atom. The highest BCUT2D eigenvalue weighted by molar-refractivity contribution is 7.89. The lowest BCUT2D eigenvalue weighted by Gasteiger charge is -2.32. The number of pyridine rings is 1. The predicted molar refractivity (Wildman–Crippen MR) is 78.3 cm³/mol. The van der Waals surface area contributed by atoms with Crippen molar-refractivity contribution in [1.29, 1.82) is 0 Å². The van der Waals surface area contributed by atoms with Crippen molar-refractivity contribution in [2.45, 2.75) is 44.0 Å². The molecule has 2 rings (SSSR count). The number of nitrogens with one attached hydrogen (secondary N) is 2. The maximum atomic E-state index is 12.4. The summed E-state index contributed by atoms with van der Waals surface area (Å²) in [6.07, 6.45) is 4.28. The summed E-state index contributed by atoms with van der Waals surface area (Å²) in [6, 6.07) is 3.07. The fraction of sp³-hybridized carbons (Fsp3) is 0.615. The van der Waals surface area contributed by atoms with Crippen LogP contribution in [0.5, 0.6) is 0 Å². The Balaban J connectivity index is 2.15. The zero-order valence-corrected chi connectivity index (χ0v) is 12.7. The van der Waals surface area contributed by atoms with Gasteiger partial charge < -0.3 is 5.43 Å². The second-order valence-corrected chi connectivity index (χ2v) is 7.26. The fourth-order valence-electron chi connectivity index (χ4n) is 2.65. The van der Waals surface area contributed by atoms with Gasteiger partial charge in [-0.1, -0.05) is 13.8 Å². The van der Waals surface area contributed by atoms with Crippen LogP contribution in [-0.2, 0) is 10.0 Å². The largest absolute Gasteiger partial charge is 0.307 e. The first-order valence-corrected chi connectivity index (χ1v) is 8.36. The summed E-state index contributed by atoms with van der Waals surface area (Å²) < 4.78 is 27.6. The lowest BCUT2D eigenvalue weighted by atomic mass is 9.79. The number of aromatic nitrogens is 1. The highest BCUT2D eigenvalue weighted by atomic mass is 32.2. The molecule has 0 spiro atoms. The maximum Gasteiger partial charge on any atom is 0.244 e. The molecule has 112 valence electrons. The van der Waals surface area contributed by atoms with Crippen molar-refractivity contribution in [3.63, 3.8) is 0 Å². The van der Waals surface area contributed by atoms with E-state index in [-0.39, 0.29) is 16.8 Å². The van der Waals surface area contributed by atoms with E-state index < -0.39 is 10.0 Å². The van der Waals surface area contributed by atoms with E-state index in [1.54, 1.807) is 6.07 Å². The Morgan fingerprint density at radius 2 is 2.05 bits per heavy atom. The number of nitrogens with two attached hydrogens (primary N) is 1. The number of nitrogen functional groups attached to an aromatic ring is 1. The van der Waals surface area contributed by atoms with Crippen molar-refractivity contribution in [1.82, 2.24) is 9.71 Å². The number of nitrogens with zero attached hydrogens (tertiary/aromatic N) is 1. The van der Waals surface area contributed by atoms with Crippen molar-refractivity contribution in [3.8, 4) is 0 Å². The van der Waals surface area contributed by atoms with Crippen LogP contribution < -0.4 is 16.0 Å². The van der Waals surface area contributed by atoms with Crippen molar-refractivity contribution in [2.24, 2.45) is 17.7 Å². The van der Waals surface area contributed by atoms with E-state index in [2.05, 4.69) is 29.0 Å². The van der Waals surface area contributed by atoms with Gasteiger partial charge in [-0.05, 0) is 43.2 Å². The van der Waals surface area contributed by atoms with E-state index in [0.29, 0.717) is 11.8 Å². The van der Waals surface area contributed by atoms with Gasteiger partial charge in [0, 0.05) is 12.2 Å². The van der Waals surface area contributed by atoms with E-state index in [4.69, 9.17) is 5.84 Å². The summed E-state index contributed by atoms with van der Waals surface area (Å²) >= 11 is 0. The minimum Gasteiger partial charge on any atom is -0.307 e. The number of hydrazine groups is 1. The zero-order valence-electron chi connectivity index (χ0n) is 11.8. The van der Waals surface area contributed by atoms with E-state index in [1.807, 2.05) is 0 Å². The number of hydrogen-bond acceptors (Lipinski definition) is 5. The van der Waals surface area contributed by atoms with E-state index in [9.17, 15) is 8.42 Å². The molecule has 1 aromatic rings. The van der Waals surface area contributed by atoms with Crippen LogP contribution in [0.2, 0.25) is 0 Å². The lowest BCUT2D eigenvalue weighted by Crippen LogP contribution is -2.40. The maximum absolute atomic E-state index is 12.4. The Hall–Kier alpha value is -1.18. The average molecular weight is 298 g/mol. The van der Waals surface area contributed by atoms with Gasteiger partial charge in [-0.25, -0.2) is 24.0 Å². The minimum absolute atomic E-state index is 0.0166. The third-order valence-electron chi connectivity index (χ3n) is 4.12. The molecule has 1 aliphatic carbocycles. The molecule has 1 heterocycles. The average Bonchev–Trinajstić information content (AvgIpc) is 2.42. The van der Waals surface area contributed by atoms with Gasteiger partial charge in [0.15, 0.2) is 5.82 Å². The Bertz CT molecular complexity index is 561. The molecule has 1 aliphatic rings. The van der Waals surface area contributed by atoms with Crippen LogP contribution in [0.3, 0.4) is 0 Å². The molecule has 0 radical (unpaired) electrons. The molecule has 1 fully saturated rings. The molecule has 6 nitrogen and oxygen atoms in total. The van der Waals surface area contributed by atoms with Crippen molar-refractivity contribution >= 4 is 15.8 Å². The summed E-state index contributed by atoms with van der Waals surface area (Å²) in [5.74, 6) is 6.65. The van der Waals surface area contributed by atoms with Gasteiger partial charge in [-0.2, -0.15) is 0 Å². The third-order valence-corrected chi connectivity index (χ3v) is 5.67. The van der Waals surface area contributed by atoms with E-state index in [0.717, 1.165) is 19.3 Å². The molecule has 0 amide bonds. The molecule has 0 aromatic carbocycles. The van der Waals surface area contributed by atoms with Crippen molar-refractivity contribution in [3.05, 3.63) is 18.3 Å². The van der Waals surface area contributed by atoms with E-state index >= 15 is 0 Å². The Labute approximate surface area is 120 Å². The minimum atomic E-state index is -3.60. The Kier molecular flexibility index (Phi) is 4.62. The number of hydrogen-bond donors (Lipinski definition) is 3. The standard InChI is InChI=1S/C13H22N4O2S/c1-9-5-6-11(8-10(9)2)17-20(18,19)12-4-3-7-15-13(12)16-14/h3-4,7,9-11,17H,5-6,8,14H2,1-2H3,(H,15,16). The lowest BCUT2D eigenvalue weighted by molar-refractivity contribution is 0.242. The predicted octanol–water partition coefficient (Wildman–Crippen LogP) is 1.47. The molecule has 3 atom stereocenters. The van der Waals surface area contributed by atoms with Gasteiger partial charge in [0.2, 0.25) is 10.0 Å². The first-order valence-electron chi connectivity index (χ1n) is 6.88. The Morgan fingerprint density at radius 1 is 1.30 bits per heavy atom. The van der Waals surface area contributed by atoms with Gasteiger partial charge in [-0.15, -0.1) is 0 Å². The van der Waals surface area contributed by atoms with Crippen LogP contribution >= 0.6 is 0 Å². The quantitative estimate of drug-likeness (QED) is 0.578. The third kappa shape index (κ3) is 3.28. The summed E-state index contributed by atoms with van der Waals surface area (Å²) in [6.45, 7) is 4.38. The van der Waals surface area contributed by atoms with Crippen LogP contribution in [0.1, 0.15) is 33.1 Å². The van der Waals surface area contributed by atoms with Crippen LogP contribution in [0.4, 0.5) is 5.82 Å². The summed E-state index contributed by atoms with van der Waals surface area (Å²) in [7, 11) is -3.60. The molecular formula is C13H22N4O2S. The summed E-state index contributed by atoms with van der Waals surface area (Å²) in [5.41, 5.74) is 2.32. The smallest absolute Gasteiger partial charge is 0.244 e. The molecule has 1 saturated carbocycles. The summed E-state index contributed by atoms with van der Waals surface area (Å²) in [4.78, 5) is 4.02. The molecular weight excluding hydrogens is 276 g/mol. The molecule has 20 heavy (non-hydrogen) atoms. The zero-order chi connectivity index (χ0) is 14.8. The first kappa shape index (κ1) is 15.2. The van der Waals surface area contributed by atoms with Gasteiger partial charge >= 0.3 is 0 Å². The molecule has 4 N–H and O–H groups in total. The second-order valence-electron chi connectivity index (χ2n) is 5.58. The number of sulfonamides is 1. The van der Waals surface area contributed by atoms with Crippen LogP contribution in [-0.4, -0.2) is 19.4 Å². The van der Waals surface area contributed by atoms with Gasteiger partial charge in [0.25, 0.3) is 0 Å². The molecule has 7 heteroatoms. The second kappa shape index (κ2) is 6.07. The van der Waals surface area contributed by atoms with E-state index in [1.165, 1.54) is 12.3 Å². The first-order chi connectivity index (χ1) is 9.44.